The Hall–Kier alpha value is -10.5. The van der Waals surface area contributed by atoms with Crippen molar-refractivity contribution in [1.82, 2.24) is 29.9 Å². The predicted molar refractivity (Wildman–Crippen MR) is 361 cm³/mol. The molecule has 38 nitrogen and oxygen atoms in total. The molecule has 522 valence electrons. The molecule has 10 aromatic rings. The first-order valence-electron chi connectivity index (χ1n) is 27.1. The van der Waals surface area contributed by atoms with E-state index < -0.39 is 123 Å². The van der Waals surface area contributed by atoms with Gasteiger partial charge in [-0.25, -0.2) is 54.2 Å². The van der Waals surface area contributed by atoms with E-state index in [1.54, 1.807) is 0 Å². The zero-order valence-corrected chi connectivity index (χ0v) is 56.3. The molecule has 0 unspecified atom stereocenters. The summed E-state index contributed by atoms with van der Waals surface area (Å²) in [6.07, 6.45) is 0. The Labute approximate surface area is 568 Å². The number of anilines is 16. The van der Waals surface area contributed by atoms with Gasteiger partial charge < -0.3 is 42.5 Å². The van der Waals surface area contributed by atoms with Crippen molar-refractivity contribution in [3.05, 3.63) is 170 Å². The topological polar surface area (TPSA) is 632 Å². The van der Waals surface area contributed by atoms with E-state index in [9.17, 15) is 85.6 Å². The maximum atomic E-state index is 13.2. The fourth-order valence-corrected chi connectivity index (χ4v) is 14.1. The number of nitrogens with one attached hydrogen (secondary N) is 8. The van der Waals surface area contributed by atoms with Crippen LogP contribution >= 0.6 is 0 Å². The van der Waals surface area contributed by atoms with Crippen molar-refractivity contribution in [2.24, 2.45) is 20.6 Å². The average Bonchev–Trinajstić information content (AvgIpc) is 0.804. The van der Waals surface area contributed by atoms with E-state index in [1.165, 1.54) is 84.9 Å². The van der Waals surface area contributed by atoms with Crippen LogP contribution in [0.4, 0.5) is 92.6 Å². The largest absolute Gasteiger partial charge is 0.354 e. The van der Waals surface area contributed by atoms with Crippen LogP contribution in [0.15, 0.2) is 209 Å². The second-order valence-corrected chi connectivity index (χ2v) is 32.5. The molecule has 46 heteroatoms. The van der Waals surface area contributed by atoms with E-state index >= 15 is 0 Å². The fraction of sp³-hybridized carbons (Fsp3) is 0. The van der Waals surface area contributed by atoms with Gasteiger partial charge in [-0.15, -0.1) is 0 Å². The summed E-state index contributed by atoms with van der Waals surface area (Å²) in [5, 5.41) is 42.9. The minimum Gasteiger partial charge on any atom is -0.354 e. The normalized spacial score (nSPS) is 12.4. The van der Waals surface area contributed by atoms with Crippen molar-refractivity contribution in [2.45, 2.75) is 39.2 Å². The van der Waals surface area contributed by atoms with Gasteiger partial charge in [-0.1, -0.05) is 36.4 Å². The molecule has 0 bridgehead atoms. The van der Waals surface area contributed by atoms with Crippen molar-refractivity contribution in [1.29, 1.82) is 0 Å². The van der Waals surface area contributed by atoms with E-state index in [1.807, 2.05) is 0 Å². The van der Waals surface area contributed by atoms with E-state index in [0.717, 1.165) is 84.9 Å². The third-order valence-electron chi connectivity index (χ3n) is 13.3. The van der Waals surface area contributed by atoms with Gasteiger partial charge in [0.15, 0.2) is 0 Å². The van der Waals surface area contributed by atoms with Crippen molar-refractivity contribution in [2.75, 3.05) is 42.5 Å². The van der Waals surface area contributed by atoms with Gasteiger partial charge in [0.25, 0.3) is 40.5 Å². The molecule has 2 aromatic heterocycles. The molecule has 20 N–H and O–H groups in total. The third-order valence-corrected chi connectivity index (χ3v) is 20.6. The highest BCUT2D eigenvalue weighted by atomic mass is 32.2. The average molecular weight is 1530 g/mol. The number of nitrogens with two attached hydrogens (primary N) is 4. The first-order valence-corrected chi connectivity index (χ1v) is 39.1. The number of benzene rings is 8. The maximum absolute atomic E-state index is 13.2. The lowest BCUT2D eigenvalue weighted by Crippen LogP contribution is -2.13. The minimum absolute atomic E-state index is 0.0906. The van der Waals surface area contributed by atoms with Crippen LogP contribution in [0.25, 0.3) is 11.1 Å². The second-order valence-electron chi connectivity index (χ2n) is 20.6. The second kappa shape index (κ2) is 27.3. The first kappa shape index (κ1) is 72.2. The number of hydrogen-bond donors (Lipinski definition) is 16. The summed E-state index contributed by atoms with van der Waals surface area (Å²) in [4.78, 5) is 20.4. The summed E-state index contributed by atoms with van der Waals surface area (Å²) in [5.74, 6) is -1.93. The number of aromatic nitrogens is 6. The zero-order valence-electron chi connectivity index (χ0n) is 49.7. The molecule has 0 saturated carbocycles. The molecule has 8 aromatic carbocycles. The maximum Gasteiger partial charge on any atom is 0.296 e. The fourth-order valence-electron chi connectivity index (χ4n) is 9.08. The summed E-state index contributed by atoms with van der Waals surface area (Å²) >= 11 is 0. The molecule has 0 spiro atoms. The monoisotopic (exact) mass is 1520 g/mol. The summed E-state index contributed by atoms with van der Waals surface area (Å²) in [7, 11) is -38.2. The van der Waals surface area contributed by atoms with Crippen LogP contribution in [0.3, 0.4) is 0 Å². The quantitative estimate of drug-likeness (QED) is 0.0325. The Kier molecular flexibility index (Phi) is 19.7. The van der Waals surface area contributed by atoms with Crippen LogP contribution in [-0.4, -0.2) is 115 Å². The summed E-state index contributed by atoms with van der Waals surface area (Å²) < 4.78 is 244. The molecular weight excluding hydrogens is 1480 g/mol. The predicted octanol–water partition coefficient (Wildman–Crippen LogP) is 5.25. The number of sulfonamides is 4. The van der Waals surface area contributed by atoms with Gasteiger partial charge in [0, 0.05) is 56.6 Å². The van der Waals surface area contributed by atoms with Gasteiger partial charge >= 0.3 is 0 Å². The summed E-state index contributed by atoms with van der Waals surface area (Å²) in [6, 6.07) is 32.2. The number of primary sulfonamides is 4. The van der Waals surface area contributed by atoms with Crippen molar-refractivity contribution in [3.8, 4) is 11.1 Å². The molecule has 10 rings (SSSR count). The van der Waals surface area contributed by atoms with E-state index in [2.05, 4.69) is 72.4 Å². The molecule has 0 aliphatic carbocycles. The van der Waals surface area contributed by atoms with Gasteiger partial charge in [0.1, 0.15) is 19.6 Å². The Morgan fingerprint density at radius 3 is 0.660 bits per heavy atom. The Bertz CT molecular complexity index is 5420. The first-order chi connectivity index (χ1) is 46.5. The zero-order chi connectivity index (χ0) is 72.7. The summed E-state index contributed by atoms with van der Waals surface area (Å²) in [6.45, 7) is 0. The Balaban J connectivity index is 0.936. The number of nitrogens with zero attached hydrogens (tertiary/aromatic N) is 6. The highest BCUT2D eigenvalue weighted by molar-refractivity contribution is 7.90. The lowest BCUT2D eigenvalue weighted by atomic mass is 10.0. The molecular formula is C54H48N18O20S8. The van der Waals surface area contributed by atoms with Gasteiger partial charge in [0.05, 0.1) is 31.0 Å². The molecule has 0 saturated heterocycles. The van der Waals surface area contributed by atoms with Gasteiger partial charge in [-0.2, -0.15) is 63.6 Å². The smallest absolute Gasteiger partial charge is 0.296 e. The highest BCUT2D eigenvalue weighted by Crippen LogP contribution is 2.39. The van der Waals surface area contributed by atoms with Crippen molar-refractivity contribution < 1.29 is 85.6 Å². The van der Waals surface area contributed by atoms with Crippen LogP contribution in [0.1, 0.15) is 0 Å². The van der Waals surface area contributed by atoms with Gasteiger partial charge in [-0.05, 0) is 133 Å². The van der Waals surface area contributed by atoms with E-state index in [4.69, 9.17) is 20.6 Å². The molecule has 0 aliphatic heterocycles. The van der Waals surface area contributed by atoms with Crippen LogP contribution in [0.5, 0.6) is 0 Å². The summed E-state index contributed by atoms with van der Waals surface area (Å²) in [5.41, 5.74) is -2.76. The van der Waals surface area contributed by atoms with Gasteiger partial charge in [-0.3, -0.25) is 18.2 Å². The molecule has 0 amide bonds. The van der Waals surface area contributed by atoms with Crippen LogP contribution in [0, 0.1) is 0 Å². The highest BCUT2D eigenvalue weighted by Gasteiger charge is 2.27. The SMILES string of the molecule is NS(=O)(=O)c1cccc(Nc2nc(Nc3cccc(S(N)(=O)=O)c3)nc(Nc3ccc(Nc4ccc(-c5ccc(Nc6ccc(Nc7nc(Nc8cccc(S(N)(=O)=O)c8)nc(Nc8cccc(S(N)(=O)=O)c8)n7)cc6S(=O)(=O)O)cc5S(=O)(=O)O)c(S(=O)(=O)O)c4)c(S(=O)(=O)O)c3)n2)c1. The standard InChI is InChI=1S/C54H48N18O20S8/c55-93(73,74)37-9-1-5-29(21-37)61-49-67-50(62-30-6-2-10-38(22-30)94(56,75)76)70-53(69-49)65-35-15-19-43(47(27-35)99(87,88)89)59-33-13-17-41(45(25-33)97(81,82)83)42-18-14-34(26-46(42)98(84,85)86)60-44-20-16-36(28-48(44)100(90,91)92)66-54-71-51(63-31-7-3-11-39(23-31)95(57,77)78)68-52(72-54)64-32-8-4-12-40(24-32)96(58,79)80/h1-28,59-60H,(H2,55,73,74)(H2,56,75,76)(H2,57,77,78)(H2,58,79,80)(H,81,82,83)(H,84,85,86)(H,87,88,89)(H,90,91,92)(H3,61,62,65,67,69,70)(H3,63,64,66,68,71,72). The molecule has 100 heavy (non-hydrogen) atoms. The Morgan fingerprint density at radius 1 is 0.240 bits per heavy atom. The molecule has 2 heterocycles. The number of rotatable bonds is 25. The van der Waals surface area contributed by atoms with E-state index in [-0.39, 0.29) is 101 Å². The molecule has 0 radical (unpaired) electrons. The van der Waals surface area contributed by atoms with Gasteiger partial charge in [0.2, 0.25) is 75.8 Å². The van der Waals surface area contributed by atoms with Crippen LogP contribution < -0.4 is 63.1 Å². The third kappa shape index (κ3) is 18.2. The Morgan fingerprint density at radius 2 is 0.440 bits per heavy atom. The van der Waals surface area contributed by atoms with Crippen LogP contribution in [-0.2, 0) is 80.6 Å². The van der Waals surface area contributed by atoms with Crippen molar-refractivity contribution in [3.63, 3.8) is 0 Å². The molecule has 0 fully saturated rings. The lowest BCUT2D eigenvalue weighted by Gasteiger charge is -2.17. The van der Waals surface area contributed by atoms with Crippen molar-refractivity contribution >= 4 is 173 Å². The number of hydrogen-bond acceptors (Lipinski definition) is 30. The molecule has 0 aliphatic rings. The molecule has 0 atom stereocenters. The van der Waals surface area contributed by atoms with E-state index in [0.29, 0.717) is 0 Å². The lowest BCUT2D eigenvalue weighted by molar-refractivity contribution is 0.480. The van der Waals surface area contributed by atoms with Crippen LogP contribution in [0.2, 0.25) is 0 Å². The minimum atomic E-state index is -5.43.